The predicted molar refractivity (Wildman–Crippen MR) is 305 cm³/mol. The van der Waals surface area contributed by atoms with E-state index in [2.05, 4.69) is 50.4 Å². The van der Waals surface area contributed by atoms with E-state index in [1.807, 2.05) is 33.3 Å². The molecule has 71 heavy (non-hydrogen) atoms. The molecule has 0 saturated carbocycles. The maximum absolute atomic E-state index is 13.5. The number of amides is 1. The number of hydrogen-bond donors (Lipinski definition) is 2. The standard InChI is InChI=1S/C61H117N2O7P/c1-7-10-13-16-19-22-25-28-30-32-34-36-39-42-45-48-51-54-61(65)70-59(52-49-46-43-40-37-27-24-21-18-15-12-9-3)58(57-69-71(66,67)68-56-55-63(4,5)6)62-60(64)53-50-47-44-41-38-35-33-31-29-26-23-20-17-14-11-8-2/h28,30-31,33,49,52,58-59H,7-27,29,32,34-48,50-51,53-57H2,1-6H3,(H-,62,64,66,67)/p+1/b30-28+,33-31+,52-49+. The third-order valence-electron chi connectivity index (χ3n) is 13.6. The lowest BCUT2D eigenvalue weighted by Crippen LogP contribution is -2.47. The second kappa shape index (κ2) is 51.7. The van der Waals surface area contributed by atoms with E-state index in [0.717, 1.165) is 77.0 Å². The Hall–Kier alpha value is -1.77. The number of esters is 1. The first-order valence-electron chi connectivity index (χ1n) is 30.3. The summed E-state index contributed by atoms with van der Waals surface area (Å²) in [6.45, 7) is 7.02. The number of quaternary nitrogens is 1. The molecule has 0 saturated heterocycles. The van der Waals surface area contributed by atoms with Crippen molar-refractivity contribution in [2.75, 3.05) is 40.9 Å². The van der Waals surface area contributed by atoms with Crippen molar-refractivity contribution in [1.29, 1.82) is 0 Å². The van der Waals surface area contributed by atoms with Crippen LogP contribution in [0.5, 0.6) is 0 Å². The summed E-state index contributed by atoms with van der Waals surface area (Å²) in [6, 6.07) is -0.851. The summed E-state index contributed by atoms with van der Waals surface area (Å²) in [6.07, 6.45) is 61.3. The van der Waals surface area contributed by atoms with Crippen LogP contribution in [0.3, 0.4) is 0 Å². The van der Waals surface area contributed by atoms with Crippen molar-refractivity contribution in [3.63, 3.8) is 0 Å². The molecule has 0 aromatic rings. The molecule has 10 heteroatoms. The first kappa shape index (κ1) is 69.2. The summed E-state index contributed by atoms with van der Waals surface area (Å²) in [7, 11) is 1.50. The third-order valence-corrected chi connectivity index (χ3v) is 14.5. The molecule has 0 aliphatic carbocycles. The van der Waals surface area contributed by atoms with Crippen molar-refractivity contribution in [1.82, 2.24) is 5.32 Å². The molecule has 2 N–H and O–H groups in total. The number of ether oxygens (including phenoxy) is 1. The number of phosphoric acid groups is 1. The van der Waals surface area contributed by atoms with Gasteiger partial charge in [0, 0.05) is 12.8 Å². The highest BCUT2D eigenvalue weighted by Crippen LogP contribution is 2.43. The van der Waals surface area contributed by atoms with Crippen LogP contribution in [-0.2, 0) is 27.9 Å². The first-order valence-corrected chi connectivity index (χ1v) is 31.8. The molecule has 0 rings (SSSR count). The van der Waals surface area contributed by atoms with Crippen LogP contribution in [0.25, 0.3) is 0 Å². The van der Waals surface area contributed by atoms with Crippen LogP contribution in [0.1, 0.15) is 290 Å². The zero-order chi connectivity index (χ0) is 52.2. The van der Waals surface area contributed by atoms with Crippen molar-refractivity contribution in [2.45, 2.75) is 303 Å². The van der Waals surface area contributed by atoms with E-state index < -0.39 is 20.0 Å². The minimum absolute atomic E-state index is 0.0394. The largest absolute Gasteiger partial charge is 0.472 e. The van der Waals surface area contributed by atoms with Gasteiger partial charge in [-0.05, 0) is 83.1 Å². The third kappa shape index (κ3) is 52.9. The highest BCUT2D eigenvalue weighted by Gasteiger charge is 2.30. The van der Waals surface area contributed by atoms with E-state index in [0.29, 0.717) is 17.4 Å². The lowest BCUT2D eigenvalue weighted by molar-refractivity contribution is -0.870. The fourth-order valence-electron chi connectivity index (χ4n) is 8.81. The summed E-state index contributed by atoms with van der Waals surface area (Å²) in [5.74, 6) is -0.511. The summed E-state index contributed by atoms with van der Waals surface area (Å²) in [5.41, 5.74) is 0. The van der Waals surface area contributed by atoms with Gasteiger partial charge in [0.05, 0.1) is 33.8 Å². The molecule has 0 bridgehead atoms. The molecule has 0 aromatic heterocycles. The molecule has 0 fully saturated rings. The Morgan fingerprint density at radius 1 is 0.479 bits per heavy atom. The Kier molecular flexibility index (Phi) is 50.4. The second-order valence-corrected chi connectivity index (χ2v) is 23.3. The van der Waals surface area contributed by atoms with E-state index in [1.165, 1.54) is 180 Å². The Balaban J connectivity index is 5.30. The maximum Gasteiger partial charge on any atom is 0.472 e. The Bertz CT molecular complexity index is 1310. The number of nitrogens with zero attached hydrogens (tertiary/aromatic N) is 1. The first-order chi connectivity index (χ1) is 34.4. The highest BCUT2D eigenvalue weighted by atomic mass is 31.2. The SMILES string of the molecule is CCCCCCCC/C=C/CCCCCCCCCC(=O)OC(/C=C/CCCCCCCCCCCC)C(COP(=O)(O)OCC[N+](C)(C)C)NC(=O)CCCCCCC/C=C/CCCCCCCCC. The van der Waals surface area contributed by atoms with Crippen LogP contribution in [0.15, 0.2) is 36.5 Å². The number of likely N-dealkylation sites (N-methyl/N-ethyl adjacent to an activating group) is 1. The molecule has 0 spiro atoms. The molecule has 3 atom stereocenters. The number of nitrogens with one attached hydrogen (secondary N) is 1. The molecule has 0 aliphatic heterocycles. The second-order valence-electron chi connectivity index (χ2n) is 21.9. The van der Waals surface area contributed by atoms with Crippen LogP contribution in [0, 0.1) is 0 Å². The molecule has 9 nitrogen and oxygen atoms in total. The summed E-state index contributed by atoms with van der Waals surface area (Å²) in [4.78, 5) is 37.6. The zero-order valence-corrected chi connectivity index (χ0v) is 48.6. The lowest BCUT2D eigenvalue weighted by atomic mass is 10.0. The monoisotopic (exact) mass is 1020 g/mol. The summed E-state index contributed by atoms with van der Waals surface area (Å²) >= 11 is 0. The minimum atomic E-state index is -4.45. The van der Waals surface area contributed by atoms with Gasteiger partial charge in [0.1, 0.15) is 19.3 Å². The molecule has 0 radical (unpaired) electrons. The maximum atomic E-state index is 13.5. The van der Waals surface area contributed by atoms with Crippen LogP contribution < -0.4 is 5.32 Å². The number of hydrogen-bond acceptors (Lipinski definition) is 6. The summed E-state index contributed by atoms with van der Waals surface area (Å²) < 4.78 is 30.7. The van der Waals surface area contributed by atoms with Crippen LogP contribution in [0.4, 0.5) is 0 Å². The number of allylic oxidation sites excluding steroid dienone is 5. The van der Waals surface area contributed by atoms with Crippen molar-refractivity contribution in [2.24, 2.45) is 0 Å². The topological polar surface area (TPSA) is 111 Å². The van der Waals surface area contributed by atoms with E-state index in [1.54, 1.807) is 0 Å². The van der Waals surface area contributed by atoms with Gasteiger partial charge < -0.3 is 19.4 Å². The molecular formula is C61H118N2O7P+. The van der Waals surface area contributed by atoms with Gasteiger partial charge in [-0.3, -0.25) is 18.6 Å². The van der Waals surface area contributed by atoms with Crippen molar-refractivity contribution < 1.29 is 37.3 Å². The van der Waals surface area contributed by atoms with E-state index in [9.17, 15) is 19.0 Å². The van der Waals surface area contributed by atoms with Gasteiger partial charge in [0.15, 0.2) is 0 Å². The molecular weight excluding hydrogens is 904 g/mol. The van der Waals surface area contributed by atoms with Gasteiger partial charge >= 0.3 is 13.8 Å². The fraction of sp³-hybridized carbons (Fsp3) is 0.869. The molecule has 0 aromatic carbocycles. The van der Waals surface area contributed by atoms with Crippen molar-refractivity contribution >= 4 is 19.7 Å². The normalized spacial score (nSPS) is 14.0. The minimum Gasteiger partial charge on any atom is -0.456 e. The average Bonchev–Trinajstić information content (AvgIpc) is 3.33. The quantitative estimate of drug-likeness (QED) is 0.0205. The molecule has 0 heterocycles. The number of carbonyl (C=O) groups excluding carboxylic acids is 2. The van der Waals surface area contributed by atoms with Gasteiger partial charge in [-0.2, -0.15) is 0 Å². The fourth-order valence-corrected chi connectivity index (χ4v) is 9.55. The number of rotatable bonds is 55. The smallest absolute Gasteiger partial charge is 0.456 e. The predicted octanol–water partition coefficient (Wildman–Crippen LogP) is 18.3. The van der Waals surface area contributed by atoms with E-state index in [4.69, 9.17) is 13.8 Å². The Labute approximate surface area is 440 Å². The molecule has 1 amide bonds. The highest BCUT2D eigenvalue weighted by molar-refractivity contribution is 7.47. The van der Waals surface area contributed by atoms with Gasteiger partial charge in [0.2, 0.25) is 5.91 Å². The van der Waals surface area contributed by atoms with Crippen molar-refractivity contribution in [3.8, 4) is 0 Å². The van der Waals surface area contributed by atoms with E-state index in [-0.39, 0.29) is 31.5 Å². The number of phosphoric ester groups is 1. The van der Waals surface area contributed by atoms with Crippen molar-refractivity contribution in [3.05, 3.63) is 36.5 Å². The number of carbonyl (C=O) groups is 2. The Morgan fingerprint density at radius 3 is 1.20 bits per heavy atom. The van der Waals surface area contributed by atoms with Gasteiger partial charge in [0.25, 0.3) is 0 Å². The molecule has 3 unspecified atom stereocenters. The van der Waals surface area contributed by atoms with Gasteiger partial charge in [-0.25, -0.2) is 4.57 Å². The average molecular weight is 1020 g/mol. The van der Waals surface area contributed by atoms with Crippen LogP contribution >= 0.6 is 7.82 Å². The van der Waals surface area contributed by atoms with Gasteiger partial charge in [-0.1, -0.05) is 231 Å². The van der Waals surface area contributed by atoms with E-state index >= 15 is 0 Å². The zero-order valence-electron chi connectivity index (χ0n) is 47.7. The van der Waals surface area contributed by atoms with Crippen LogP contribution in [-0.4, -0.2) is 74.3 Å². The Morgan fingerprint density at radius 2 is 0.817 bits per heavy atom. The number of unbranched alkanes of at least 4 members (excludes halogenated alkanes) is 35. The lowest BCUT2D eigenvalue weighted by Gasteiger charge is -2.27. The van der Waals surface area contributed by atoms with Gasteiger partial charge in [-0.15, -0.1) is 0 Å². The molecule has 0 aliphatic rings. The summed E-state index contributed by atoms with van der Waals surface area (Å²) in [5, 5.41) is 3.05. The molecule has 418 valence electrons. The van der Waals surface area contributed by atoms with Crippen LogP contribution in [0.2, 0.25) is 0 Å².